The highest BCUT2D eigenvalue weighted by atomic mass is 19.4. The van der Waals surface area contributed by atoms with Gasteiger partial charge < -0.3 is 10.1 Å². The summed E-state index contributed by atoms with van der Waals surface area (Å²) in [6.07, 6.45) is -1.99. The van der Waals surface area contributed by atoms with E-state index in [0.29, 0.717) is 17.7 Å². The van der Waals surface area contributed by atoms with Crippen LogP contribution in [0.15, 0.2) is 12.1 Å². The molecule has 1 saturated heterocycles. The SMILES string of the molecule is CCC(C)Nc1c(C)cc(C(F)(F)F)cc1C1CCCO1. The minimum Gasteiger partial charge on any atom is -0.382 e. The third kappa shape index (κ3) is 3.70. The largest absolute Gasteiger partial charge is 0.416 e. The van der Waals surface area contributed by atoms with Gasteiger partial charge in [-0.25, -0.2) is 0 Å². The van der Waals surface area contributed by atoms with Crippen LogP contribution >= 0.6 is 0 Å². The maximum absolute atomic E-state index is 13.0. The lowest BCUT2D eigenvalue weighted by Gasteiger charge is -2.23. The number of alkyl halides is 3. The van der Waals surface area contributed by atoms with Gasteiger partial charge in [0.05, 0.1) is 11.7 Å². The number of hydrogen-bond acceptors (Lipinski definition) is 2. The van der Waals surface area contributed by atoms with Crippen molar-refractivity contribution in [3.8, 4) is 0 Å². The molecule has 0 aliphatic carbocycles. The molecule has 2 nitrogen and oxygen atoms in total. The van der Waals surface area contributed by atoms with Crippen molar-refractivity contribution in [2.75, 3.05) is 11.9 Å². The molecule has 118 valence electrons. The average Bonchev–Trinajstić information content (AvgIpc) is 2.93. The summed E-state index contributed by atoms with van der Waals surface area (Å²) in [6.45, 7) is 6.40. The Morgan fingerprint density at radius 2 is 2.10 bits per heavy atom. The standard InChI is InChI=1S/C16H22F3NO/c1-4-11(3)20-15-10(2)8-12(16(17,18)19)9-13(15)14-6-5-7-21-14/h8-9,11,14,20H,4-7H2,1-3H3. The zero-order chi connectivity index (χ0) is 15.6. The maximum Gasteiger partial charge on any atom is 0.416 e. The van der Waals surface area contributed by atoms with Gasteiger partial charge in [0.25, 0.3) is 0 Å². The first-order valence-corrected chi connectivity index (χ1v) is 7.42. The first-order chi connectivity index (χ1) is 9.82. The number of rotatable bonds is 4. The van der Waals surface area contributed by atoms with Crippen LogP contribution < -0.4 is 5.32 Å². The van der Waals surface area contributed by atoms with E-state index in [2.05, 4.69) is 5.32 Å². The molecule has 0 saturated carbocycles. The van der Waals surface area contributed by atoms with Gasteiger partial charge in [-0.15, -0.1) is 0 Å². The van der Waals surface area contributed by atoms with Crippen molar-refractivity contribution in [1.29, 1.82) is 0 Å². The van der Waals surface area contributed by atoms with Crippen molar-refractivity contribution in [3.05, 3.63) is 28.8 Å². The van der Waals surface area contributed by atoms with Crippen molar-refractivity contribution in [2.24, 2.45) is 0 Å². The van der Waals surface area contributed by atoms with Gasteiger partial charge in [0.2, 0.25) is 0 Å². The van der Waals surface area contributed by atoms with Crippen LogP contribution in [-0.2, 0) is 10.9 Å². The van der Waals surface area contributed by atoms with Crippen molar-refractivity contribution in [3.63, 3.8) is 0 Å². The van der Waals surface area contributed by atoms with E-state index in [-0.39, 0.29) is 12.1 Å². The van der Waals surface area contributed by atoms with E-state index >= 15 is 0 Å². The van der Waals surface area contributed by atoms with Gasteiger partial charge in [0, 0.05) is 23.9 Å². The molecule has 0 bridgehead atoms. The van der Waals surface area contributed by atoms with Gasteiger partial charge in [-0.2, -0.15) is 13.2 Å². The second kappa shape index (κ2) is 6.26. The molecule has 2 rings (SSSR count). The van der Waals surface area contributed by atoms with Crippen molar-refractivity contribution in [1.82, 2.24) is 0 Å². The zero-order valence-corrected chi connectivity index (χ0v) is 12.7. The molecule has 0 radical (unpaired) electrons. The lowest BCUT2D eigenvalue weighted by atomic mass is 9.97. The molecule has 1 N–H and O–H groups in total. The number of hydrogen-bond donors (Lipinski definition) is 1. The Labute approximate surface area is 123 Å². The minimum atomic E-state index is -4.33. The second-order valence-electron chi connectivity index (χ2n) is 5.71. The lowest BCUT2D eigenvalue weighted by Crippen LogP contribution is -2.18. The van der Waals surface area contributed by atoms with E-state index in [1.807, 2.05) is 13.8 Å². The topological polar surface area (TPSA) is 21.3 Å². The molecule has 1 aromatic rings. The summed E-state index contributed by atoms with van der Waals surface area (Å²) < 4.78 is 44.7. The predicted molar refractivity (Wildman–Crippen MR) is 77.5 cm³/mol. The average molecular weight is 301 g/mol. The summed E-state index contributed by atoms with van der Waals surface area (Å²) >= 11 is 0. The van der Waals surface area contributed by atoms with Crippen LogP contribution in [0, 0.1) is 6.92 Å². The summed E-state index contributed by atoms with van der Waals surface area (Å²) in [4.78, 5) is 0. The van der Waals surface area contributed by atoms with Crippen LogP contribution in [0.5, 0.6) is 0 Å². The summed E-state index contributed by atoms with van der Waals surface area (Å²) in [7, 11) is 0. The van der Waals surface area contributed by atoms with E-state index in [1.165, 1.54) is 12.1 Å². The van der Waals surface area contributed by atoms with E-state index < -0.39 is 11.7 Å². The van der Waals surface area contributed by atoms with Crippen LogP contribution in [0.4, 0.5) is 18.9 Å². The lowest BCUT2D eigenvalue weighted by molar-refractivity contribution is -0.137. The highest BCUT2D eigenvalue weighted by Gasteiger charge is 2.33. The number of aryl methyl sites for hydroxylation is 1. The van der Waals surface area contributed by atoms with Gasteiger partial charge in [0.15, 0.2) is 0 Å². The molecule has 21 heavy (non-hydrogen) atoms. The molecule has 1 aliphatic heterocycles. The number of benzene rings is 1. The highest BCUT2D eigenvalue weighted by molar-refractivity contribution is 5.60. The predicted octanol–water partition coefficient (Wildman–Crippen LogP) is 5.08. The molecule has 1 heterocycles. The van der Waals surface area contributed by atoms with Crippen molar-refractivity contribution >= 4 is 5.69 Å². The van der Waals surface area contributed by atoms with Gasteiger partial charge in [-0.05, 0) is 50.8 Å². The van der Waals surface area contributed by atoms with Crippen molar-refractivity contribution < 1.29 is 17.9 Å². The minimum absolute atomic E-state index is 0.209. The van der Waals surface area contributed by atoms with Gasteiger partial charge >= 0.3 is 6.18 Å². The number of ether oxygens (including phenoxy) is 1. The van der Waals surface area contributed by atoms with Gasteiger partial charge in [-0.3, -0.25) is 0 Å². The normalized spacial score (nSPS) is 20.6. The van der Waals surface area contributed by atoms with E-state index in [4.69, 9.17) is 4.74 Å². The molecule has 0 amide bonds. The molecule has 5 heteroatoms. The molecule has 1 aliphatic rings. The quantitative estimate of drug-likeness (QED) is 0.837. The summed E-state index contributed by atoms with van der Waals surface area (Å²) in [5, 5.41) is 3.34. The Kier molecular flexibility index (Phi) is 4.81. The zero-order valence-electron chi connectivity index (χ0n) is 12.7. The monoisotopic (exact) mass is 301 g/mol. The molecule has 2 unspecified atom stereocenters. The van der Waals surface area contributed by atoms with Crippen LogP contribution in [-0.4, -0.2) is 12.6 Å². The fraction of sp³-hybridized carbons (Fsp3) is 0.625. The number of anilines is 1. The van der Waals surface area contributed by atoms with Crippen LogP contribution in [0.1, 0.15) is 55.9 Å². The van der Waals surface area contributed by atoms with E-state index in [1.54, 1.807) is 6.92 Å². The van der Waals surface area contributed by atoms with Gasteiger partial charge in [0.1, 0.15) is 0 Å². The smallest absolute Gasteiger partial charge is 0.382 e. The molecule has 1 aromatic carbocycles. The summed E-state index contributed by atoms with van der Waals surface area (Å²) in [5.41, 5.74) is 1.46. The highest BCUT2D eigenvalue weighted by Crippen LogP contribution is 2.40. The Hall–Kier alpha value is -1.23. The maximum atomic E-state index is 13.0. The van der Waals surface area contributed by atoms with Crippen LogP contribution in [0.2, 0.25) is 0 Å². The van der Waals surface area contributed by atoms with Crippen molar-refractivity contribution in [2.45, 2.75) is 58.4 Å². The molecule has 0 aromatic heterocycles. The Balaban J connectivity index is 2.46. The first kappa shape index (κ1) is 16.1. The molecular formula is C16H22F3NO. The number of nitrogens with one attached hydrogen (secondary N) is 1. The Morgan fingerprint density at radius 1 is 1.38 bits per heavy atom. The number of halogens is 3. The van der Waals surface area contributed by atoms with Gasteiger partial charge in [-0.1, -0.05) is 6.92 Å². The third-order valence-electron chi connectivity index (χ3n) is 3.97. The Morgan fingerprint density at radius 3 is 2.62 bits per heavy atom. The second-order valence-corrected chi connectivity index (χ2v) is 5.71. The van der Waals surface area contributed by atoms with E-state index in [0.717, 1.165) is 24.9 Å². The summed E-state index contributed by atoms with van der Waals surface area (Å²) in [5.74, 6) is 0. The fourth-order valence-corrected chi connectivity index (χ4v) is 2.60. The molecule has 0 spiro atoms. The van der Waals surface area contributed by atoms with Crippen LogP contribution in [0.3, 0.4) is 0 Å². The van der Waals surface area contributed by atoms with E-state index in [9.17, 15) is 13.2 Å². The molecule has 2 atom stereocenters. The fourth-order valence-electron chi connectivity index (χ4n) is 2.60. The first-order valence-electron chi connectivity index (χ1n) is 7.42. The Bertz CT molecular complexity index is 493. The van der Waals surface area contributed by atoms with Crippen LogP contribution in [0.25, 0.3) is 0 Å². The summed E-state index contributed by atoms with van der Waals surface area (Å²) in [6, 6.07) is 2.66. The molecular weight excluding hydrogens is 279 g/mol. The molecule has 1 fully saturated rings. The third-order valence-corrected chi connectivity index (χ3v) is 3.97.